The zero-order valence-electron chi connectivity index (χ0n) is 9.43. The maximum Gasteiger partial charge on any atom is 0.168 e. The first kappa shape index (κ1) is 10.5. The molecule has 5 nitrogen and oxygen atoms in total. The Balaban J connectivity index is 2.10. The summed E-state index contributed by atoms with van der Waals surface area (Å²) < 4.78 is 1.87. The second-order valence-electron chi connectivity index (χ2n) is 3.78. The molecular weight excluding hydrogens is 228 g/mol. The number of pyridine rings is 1. The third kappa shape index (κ3) is 1.82. The van der Waals surface area contributed by atoms with Crippen molar-refractivity contribution in [2.24, 2.45) is 0 Å². The number of rotatable bonds is 2. The van der Waals surface area contributed by atoms with Gasteiger partial charge in [-0.1, -0.05) is 0 Å². The number of hydrogen-bond donors (Lipinski definition) is 1. The second-order valence-corrected chi connectivity index (χ2v) is 3.78. The van der Waals surface area contributed by atoms with Gasteiger partial charge in [-0.2, -0.15) is 0 Å². The minimum Gasteiger partial charge on any atom is -0.508 e. The van der Waals surface area contributed by atoms with Gasteiger partial charge in [-0.15, -0.1) is 10.2 Å². The molecule has 1 aromatic carbocycles. The molecule has 1 N–H and O–H groups in total. The Kier molecular flexibility index (Phi) is 2.49. The fraction of sp³-hybridized carbons (Fsp3) is 0. The van der Waals surface area contributed by atoms with Crippen molar-refractivity contribution in [1.29, 1.82) is 0 Å². The van der Waals surface area contributed by atoms with Crippen LogP contribution in [0.4, 0.5) is 0 Å². The van der Waals surface area contributed by atoms with Gasteiger partial charge in [-0.05, 0) is 36.4 Å². The highest BCUT2D eigenvalue weighted by Gasteiger charge is 2.08. The molecule has 0 saturated heterocycles. The van der Waals surface area contributed by atoms with E-state index >= 15 is 0 Å². The first-order chi connectivity index (χ1) is 8.84. The lowest BCUT2D eigenvalue weighted by atomic mass is 10.2. The number of nitrogens with zero attached hydrogens (tertiary/aromatic N) is 4. The van der Waals surface area contributed by atoms with Gasteiger partial charge in [0.25, 0.3) is 0 Å². The molecule has 0 radical (unpaired) electrons. The highest BCUT2D eigenvalue weighted by atomic mass is 16.3. The highest BCUT2D eigenvalue weighted by Crippen LogP contribution is 2.22. The molecule has 0 atom stereocenters. The van der Waals surface area contributed by atoms with Crippen molar-refractivity contribution in [2.75, 3.05) is 0 Å². The van der Waals surface area contributed by atoms with Crippen LogP contribution in [0.2, 0.25) is 0 Å². The lowest BCUT2D eigenvalue weighted by molar-refractivity contribution is 0.475. The van der Waals surface area contributed by atoms with Crippen molar-refractivity contribution in [1.82, 2.24) is 19.7 Å². The van der Waals surface area contributed by atoms with E-state index in [-0.39, 0.29) is 5.75 Å². The van der Waals surface area contributed by atoms with Crippen molar-refractivity contribution >= 4 is 0 Å². The van der Waals surface area contributed by atoms with Crippen molar-refractivity contribution < 1.29 is 5.11 Å². The molecule has 0 spiro atoms. The van der Waals surface area contributed by atoms with Gasteiger partial charge in [0.1, 0.15) is 12.1 Å². The van der Waals surface area contributed by atoms with Gasteiger partial charge >= 0.3 is 0 Å². The predicted octanol–water partition coefficient (Wildman–Crippen LogP) is 2.03. The predicted molar refractivity (Wildman–Crippen MR) is 66.3 cm³/mol. The standard InChI is InChI=1S/C13H10N4O/c18-12-3-1-10(2-4-12)13-16-15-9-17(13)11-5-7-14-8-6-11/h1-9,18H. The number of benzene rings is 1. The van der Waals surface area contributed by atoms with Crippen molar-refractivity contribution in [3.63, 3.8) is 0 Å². The summed E-state index contributed by atoms with van der Waals surface area (Å²) >= 11 is 0. The summed E-state index contributed by atoms with van der Waals surface area (Å²) in [4.78, 5) is 3.98. The van der Waals surface area contributed by atoms with E-state index in [1.165, 1.54) is 0 Å². The first-order valence-corrected chi connectivity index (χ1v) is 5.44. The summed E-state index contributed by atoms with van der Waals surface area (Å²) in [5, 5.41) is 17.3. The summed E-state index contributed by atoms with van der Waals surface area (Å²) in [5.41, 5.74) is 1.83. The van der Waals surface area contributed by atoms with Crippen LogP contribution in [0, 0.1) is 0 Å². The largest absolute Gasteiger partial charge is 0.508 e. The molecule has 5 heteroatoms. The normalized spacial score (nSPS) is 10.4. The summed E-state index contributed by atoms with van der Waals surface area (Å²) in [7, 11) is 0. The molecule has 0 amide bonds. The van der Waals surface area contributed by atoms with E-state index in [1.807, 2.05) is 16.7 Å². The van der Waals surface area contributed by atoms with E-state index in [0.29, 0.717) is 0 Å². The third-order valence-electron chi connectivity index (χ3n) is 2.61. The van der Waals surface area contributed by atoms with E-state index in [0.717, 1.165) is 17.1 Å². The van der Waals surface area contributed by atoms with E-state index in [2.05, 4.69) is 15.2 Å². The zero-order valence-corrected chi connectivity index (χ0v) is 9.43. The quantitative estimate of drug-likeness (QED) is 0.742. The van der Waals surface area contributed by atoms with Gasteiger partial charge in [0.2, 0.25) is 0 Å². The Hall–Kier alpha value is -2.69. The molecule has 0 bridgehead atoms. The van der Waals surface area contributed by atoms with Crippen molar-refractivity contribution in [2.45, 2.75) is 0 Å². The van der Waals surface area contributed by atoms with E-state index in [1.54, 1.807) is 43.0 Å². The van der Waals surface area contributed by atoms with E-state index < -0.39 is 0 Å². The van der Waals surface area contributed by atoms with Gasteiger partial charge < -0.3 is 5.11 Å². The number of hydrogen-bond acceptors (Lipinski definition) is 4. The molecular formula is C13H10N4O. The molecule has 88 valence electrons. The maximum absolute atomic E-state index is 9.29. The summed E-state index contributed by atoms with van der Waals surface area (Å²) in [6.07, 6.45) is 5.09. The molecule has 2 aromatic heterocycles. The molecule has 0 aliphatic rings. The molecule has 18 heavy (non-hydrogen) atoms. The smallest absolute Gasteiger partial charge is 0.168 e. The Morgan fingerprint density at radius 1 is 0.944 bits per heavy atom. The molecule has 0 fully saturated rings. The molecule has 0 unspecified atom stereocenters. The van der Waals surface area contributed by atoms with Crippen LogP contribution in [0.3, 0.4) is 0 Å². The summed E-state index contributed by atoms with van der Waals surface area (Å²) in [5.74, 6) is 0.954. The average Bonchev–Trinajstić information content (AvgIpc) is 2.90. The van der Waals surface area contributed by atoms with Gasteiger partial charge in [-0.25, -0.2) is 0 Å². The topological polar surface area (TPSA) is 63.8 Å². The third-order valence-corrected chi connectivity index (χ3v) is 2.61. The number of aromatic hydroxyl groups is 1. The zero-order chi connectivity index (χ0) is 12.4. The number of phenolic OH excluding ortho intramolecular Hbond substituents is 1. The molecule has 0 saturated carbocycles. The van der Waals surface area contributed by atoms with Crippen LogP contribution >= 0.6 is 0 Å². The Labute approximate surface area is 103 Å². The van der Waals surface area contributed by atoms with Crippen LogP contribution in [0.1, 0.15) is 0 Å². The minimum absolute atomic E-state index is 0.230. The van der Waals surface area contributed by atoms with Crippen LogP contribution in [-0.4, -0.2) is 24.9 Å². The number of phenols is 1. The van der Waals surface area contributed by atoms with E-state index in [9.17, 15) is 5.11 Å². The van der Waals surface area contributed by atoms with Crippen molar-refractivity contribution in [3.8, 4) is 22.8 Å². The minimum atomic E-state index is 0.230. The van der Waals surface area contributed by atoms with Gasteiger partial charge in [-0.3, -0.25) is 9.55 Å². The van der Waals surface area contributed by atoms with Crippen LogP contribution in [0.5, 0.6) is 5.75 Å². The Morgan fingerprint density at radius 2 is 1.67 bits per heavy atom. The Morgan fingerprint density at radius 3 is 2.39 bits per heavy atom. The lowest BCUT2D eigenvalue weighted by Crippen LogP contribution is -1.95. The van der Waals surface area contributed by atoms with Crippen LogP contribution < -0.4 is 0 Å². The SMILES string of the molecule is Oc1ccc(-c2nncn2-c2ccncc2)cc1. The fourth-order valence-electron chi connectivity index (χ4n) is 1.74. The van der Waals surface area contributed by atoms with E-state index in [4.69, 9.17) is 0 Å². The maximum atomic E-state index is 9.29. The molecule has 0 aliphatic heterocycles. The summed E-state index contributed by atoms with van der Waals surface area (Å²) in [6, 6.07) is 10.6. The van der Waals surface area contributed by atoms with Crippen LogP contribution in [0.25, 0.3) is 17.1 Å². The second kappa shape index (κ2) is 4.29. The lowest BCUT2D eigenvalue weighted by Gasteiger charge is -2.05. The Bertz CT molecular complexity index is 646. The fourth-order valence-corrected chi connectivity index (χ4v) is 1.74. The monoisotopic (exact) mass is 238 g/mol. The van der Waals surface area contributed by atoms with Gasteiger partial charge in [0.05, 0.1) is 5.69 Å². The van der Waals surface area contributed by atoms with Crippen molar-refractivity contribution in [3.05, 3.63) is 55.1 Å². The molecule has 3 rings (SSSR count). The van der Waals surface area contributed by atoms with Crippen LogP contribution in [0.15, 0.2) is 55.1 Å². The molecule has 0 aliphatic carbocycles. The number of aromatic nitrogens is 4. The molecule has 3 aromatic rings. The van der Waals surface area contributed by atoms with Crippen LogP contribution in [-0.2, 0) is 0 Å². The van der Waals surface area contributed by atoms with Gasteiger partial charge in [0.15, 0.2) is 5.82 Å². The average molecular weight is 238 g/mol. The van der Waals surface area contributed by atoms with Gasteiger partial charge in [0, 0.05) is 18.0 Å². The summed E-state index contributed by atoms with van der Waals surface area (Å²) in [6.45, 7) is 0. The highest BCUT2D eigenvalue weighted by molar-refractivity contribution is 5.58. The molecule has 2 heterocycles. The first-order valence-electron chi connectivity index (χ1n) is 5.44.